The molecular weight excluding hydrogens is 238 g/mol. The Morgan fingerprint density at radius 1 is 1.38 bits per heavy atom. The van der Waals surface area contributed by atoms with Crippen LogP contribution in [0.4, 0.5) is 0 Å². The topological polar surface area (TPSA) is 51.8 Å². The van der Waals surface area contributed by atoms with Crippen LogP contribution in [0.3, 0.4) is 0 Å². The molecule has 1 atom stereocenters. The number of hydrogen-bond acceptors (Lipinski definition) is 5. The fraction of sp³-hybridized carbons (Fsp3) is 0.455. The zero-order valence-corrected chi connectivity index (χ0v) is 11.1. The van der Waals surface area contributed by atoms with Crippen LogP contribution in [0, 0.1) is 6.92 Å². The van der Waals surface area contributed by atoms with E-state index in [1.54, 1.807) is 0 Å². The van der Waals surface area contributed by atoms with Crippen LogP contribution < -0.4 is 5.73 Å². The number of nitrogens with zero attached hydrogens (tertiary/aromatic N) is 2. The van der Waals surface area contributed by atoms with E-state index in [2.05, 4.69) is 28.6 Å². The van der Waals surface area contributed by atoms with Crippen molar-refractivity contribution >= 4 is 22.9 Å². The maximum absolute atomic E-state index is 6.16. The quantitative estimate of drug-likeness (QED) is 0.911. The largest absolute Gasteiger partial charge is 0.323 e. The molecule has 0 bridgehead atoms. The molecule has 5 heteroatoms. The van der Waals surface area contributed by atoms with Crippen molar-refractivity contribution in [3.63, 3.8) is 0 Å². The average molecular weight is 253 g/mol. The van der Waals surface area contributed by atoms with Crippen molar-refractivity contribution in [1.29, 1.82) is 0 Å². The first-order valence-electron chi connectivity index (χ1n) is 5.32. The molecule has 1 unspecified atom stereocenters. The molecule has 0 saturated carbocycles. The second-order valence-corrected chi connectivity index (χ2v) is 5.79. The lowest BCUT2D eigenvalue weighted by molar-refractivity contribution is 0.736. The minimum Gasteiger partial charge on any atom is -0.323 e. The Bertz CT molecular complexity index is 461. The van der Waals surface area contributed by atoms with Gasteiger partial charge in [-0.1, -0.05) is 11.4 Å². The summed E-state index contributed by atoms with van der Waals surface area (Å²) in [6.07, 6.45) is 1.98. The molecular formula is C11H15N3S2. The highest BCUT2D eigenvalue weighted by atomic mass is 32.1. The van der Waals surface area contributed by atoms with Crippen LogP contribution >= 0.6 is 22.9 Å². The van der Waals surface area contributed by atoms with Crippen LogP contribution in [-0.4, -0.2) is 9.59 Å². The summed E-state index contributed by atoms with van der Waals surface area (Å²) in [4.78, 5) is 3.87. The van der Waals surface area contributed by atoms with Gasteiger partial charge in [0.1, 0.15) is 0 Å². The van der Waals surface area contributed by atoms with E-state index < -0.39 is 0 Å². The van der Waals surface area contributed by atoms with Gasteiger partial charge in [0.05, 0.1) is 10.6 Å². The van der Waals surface area contributed by atoms with Crippen LogP contribution in [0.15, 0.2) is 12.1 Å². The number of rotatable bonds is 4. The predicted molar refractivity (Wildman–Crippen MR) is 69.0 cm³/mol. The molecule has 0 aliphatic carbocycles. The van der Waals surface area contributed by atoms with E-state index in [-0.39, 0.29) is 6.04 Å². The SMILES string of the molecule is CCc1ccc(CC(N)c2snnc2C)s1. The fourth-order valence-electron chi connectivity index (χ4n) is 1.61. The van der Waals surface area contributed by atoms with E-state index in [1.807, 2.05) is 18.3 Å². The Balaban J connectivity index is 2.07. The molecule has 0 radical (unpaired) electrons. The van der Waals surface area contributed by atoms with E-state index in [0.29, 0.717) is 0 Å². The molecule has 0 aliphatic rings. The molecule has 2 heterocycles. The van der Waals surface area contributed by atoms with Crippen LogP contribution in [0.25, 0.3) is 0 Å². The number of thiophene rings is 1. The summed E-state index contributed by atoms with van der Waals surface area (Å²) >= 11 is 3.26. The zero-order valence-electron chi connectivity index (χ0n) is 9.43. The molecule has 2 rings (SSSR count). The molecule has 2 aromatic heterocycles. The monoisotopic (exact) mass is 253 g/mol. The van der Waals surface area contributed by atoms with Gasteiger partial charge in [-0.15, -0.1) is 16.4 Å². The van der Waals surface area contributed by atoms with Crippen LogP contribution in [0.5, 0.6) is 0 Å². The van der Waals surface area contributed by atoms with Crippen molar-refractivity contribution in [3.05, 3.63) is 32.5 Å². The summed E-state index contributed by atoms with van der Waals surface area (Å²) in [5.41, 5.74) is 7.12. The third-order valence-electron chi connectivity index (χ3n) is 2.51. The van der Waals surface area contributed by atoms with Gasteiger partial charge in [0.15, 0.2) is 0 Å². The molecule has 0 aromatic carbocycles. The molecule has 0 fully saturated rings. The van der Waals surface area contributed by atoms with Gasteiger partial charge in [-0.2, -0.15) is 0 Å². The van der Waals surface area contributed by atoms with Gasteiger partial charge >= 0.3 is 0 Å². The highest BCUT2D eigenvalue weighted by Crippen LogP contribution is 2.25. The van der Waals surface area contributed by atoms with Crippen LogP contribution in [-0.2, 0) is 12.8 Å². The maximum atomic E-state index is 6.16. The fourth-order valence-corrected chi connectivity index (χ4v) is 3.27. The number of hydrogen-bond donors (Lipinski definition) is 1. The van der Waals surface area contributed by atoms with E-state index >= 15 is 0 Å². The lowest BCUT2D eigenvalue weighted by Gasteiger charge is -2.07. The lowest BCUT2D eigenvalue weighted by Crippen LogP contribution is -2.12. The van der Waals surface area contributed by atoms with Crippen molar-refractivity contribution in [2.24, 2.45) is 5.73 Å². The molecule has 3 nitrogen and oxygen atoms in total. The van der Waals surface area contributed by atoms with Crippen LogP contribution in [0.1, 0.15) is 33.3 Å². The third kappa shape index (κ3) is 2.48. The van der Waals surface area contributed by atoms with E-state index in [9.17, 15) is 0 Å². The van der Waals surface area contributed by atoms with Gasteiger partial charge in [-0.05, 0) is 37.0 Å². The summed E-state index contributed by atoms with van der Waals surface area (Å²) in [6.45, 7) is 4.14. The van der Waals surface area contributed by atoms with Crippen molar-refractivity contribution in [2.75, 3.05) is 0 Å². The smallest absolute Gasteiger partial charge is 0.0772 e. The highest BCUT2D eigenvalue weighted by molar-refractivity contribution is 7.12. The lowest BCUT2D eigenvalue weighted by atomic mass is 10.1. The molecule has 0 amide bonds. The Kier molecular flexibility index (Phi) is 3.68. The highest BCUT2D eigenvalue weighted by Gasteiger charge is 2.14. The number of nitrogens with two attached hydrogens (primary N) is 1. The first-order chi connectivity index (χ1) is 7.70. The Hall–Kier alpha value is -0.780. The normalized spacial score (nSPS) is 12.9. The van der Waals surface area contributed by atoms with Crippen molar-refractivity contribution in [2.45, 2.75) is 32.7 Å². The first kappa shape index (κ1) is 11.7. The summed E-state index contributed by atoms with van der Waals surface area (Å²) < 4.78 is 3.92. The van der Waals surface area contributed by atoms with Crippen molar-refractivity contribution < 1.29 is 0 Å². The maximum Gasteiger partial charge on any atom is 0.0772 e. The van der Waals surface area contributed by atoms with Gasteiger partial charge in [-0.3, -0.25) is 0 Å². The number of aryl methyl sites for hydroxylation is 2. The van der Waals surface area contributed by atoms with Crippen molar-refractivity contribution in [1.82, 2.24) is 9.59 Å². The molecule has 0 aliphatic heterocycles. The van der Waals surface area contributed by atoms with Gasteiger partial charge in [0.2, 0.25) is 0 Å². The number of aromatic nitrogens is 2. The van der Waals surface area contributed by atoms with Gasteiger partial charge in [-0.25, -0.2) is 0 Å². The summed E-state index contributed by atoms with van der Waals surface area (Å²) in [6, 6.07) is 4.39. The van der Waals surface area contributed by atoms with E-state index in [1.165, 1.54) is 21.3 Å². The van der Waals surface area contributed by atoms with E-state index in [0.717, 1.165) is 23.4 Å². The average Bonchev–Trinajstić information content (AvgIpc) is 2.86. The standard InChI is InChI=1S/C11H15N3S2/c1-3-8-4-5-9(15-8)6-10(12)11-7(2)13-14-16-11/h4-5,10H,3,6,12H2,1-2H3. The second kappa shape index (κ2) is 5.03. The predicted octanol–water partition coefficient (Wildman–Crippen LogP) is 2.71. The molecule has 2 N–H and O–H groups in total. The minimum absolute atomic E-state index is 0.0309. The summed E-state index contributed by atoms with van der Waals surface area (Å²) in [5, 5.41) is 3.99. The van der Waals surface area contributed by atoms with Crippen molar-refractivity contribution in [3.8, 4) is 0 Å². The van der Waals surface area contributed by atoms with Gasteiger partial charge in [0, 0.05) is 22.2 Å². The van der Waals surface area contributed by atoms with Gasteiger partial charge in [0.25, 0.3) is 0 Å². The zero-order chi connectivity index (χ0) is 11.5. The second-order valence-electron chi connectivity index (χ2n) is 3.75. The summed E-state index contributed by atoms with van der Waals surface area (Å²) in [5.74, 6) is 0. The Morgan fingerprint density at radius 2 is 2.12 bits per heavy atom. The molecule has 0 saturated heterocycles. The molecule has 2 aromatic rings. The Labute approximate surface area is 103 Å². The minimum atomic E-state index is 0.0309. The first-order valence-corrected chi connectivity index (χ1v) is 6.91. The summed E-state index contributed by atoms with van der Waals surface area (Å²) in [7, 11) is 0. The van der Waals surface area contributed by atoms with Gasteiger partial charge < -0.3 is 5.73 Å². The molecule has 0 spiro atoms. The van der Waals surface area contributed by atoms with E-state index in [4.69, 9.17) is 5.73 Å². The molecule has 86 valence electrons. The molecule has 16 heavy (non-hydrogen) atoms. The Morgan fingerprint density at radius 3 is 2.69 bits per heavy atom. The van der Waals surface area contributed by atoms with Crippen LogP contribution in [0.2, 0.25) is 0 Å². The third-order valence-corrected chi connectivity index (χ3v) is 4.72.